The number of nitrogens with zero attached hydrogens (tertiary/aromatic N) is 2. The molecule has 3 rings (SSSR count). The van der Waals surface area contributed by atoms with Gasteiger partial charge in [-0.25, -0.2) is 9.97 Å². The van der Waals surface area contributed by atoms with Gasteiger partial charge in [-0.15, -0.1) is 11.3 Å². The lowest BCUT2D eigenvalue weighted by Crippen LogP contribution is -1.91. The quantitative estimate of drug-likeness (QED) is 0.891. The molecule has 0 amide bonds. The number of hydrogen-bond acceptors (Lipinski definition) is 4. The van der Waals surface area contributed by atoms with Crippen LogP contribution in [0.4, 0.5) is 5.82 Å². The molecule has 0 saturated heterocycles. The first-order valence-corrected chi connectivity index (χ1v) is 6.36. The highest BCUT2D eigenvalue weighted by Crippen LogP contribution is 2.46. The molecule has 2 aromatic rings. The minimum atomic E-state index is 0.495. The predicted octanol–water partition coefficient (Wildman–Crippen LogP) is 3.32. The molecule has 0 radical (unpaired) electrons. The van der Waals surface area contributed by atoms with Gasteiger partial charge in [0.1, 0.15) is 5.82 Å². The Morgan fingerprint density at radius 1 is 1.38 bits per heavy atom. The van der Waals surface area contributed by atoms with Crippen LogP contribution in [0.25, 0.3) is 10.4 Å². The molecule has 3 nitrogen and oxygen atoms in total. The van der Waals surface area contributed by atoms with Crippen molar-refractivity contribution in [3.8, 4) is 10.4 Å². The molecule has 0 atom stereocenters. The zero-order valence-corrected chi connectivity index (χ0v) is 10.1. The molecule has 2 N–H and O–H groups in total. The number of halogens is 1. The van der Waals surface area contributed by atoms with Gasteiger partial charge in [0.2, 0.25) is 0 Å². The predicted molar refractivity (Wildman–Crippen MR) is 66.7 cm³/mol. The summed E-state index contributed by atoms with van der Waals surface area (Å²) in [5.41, 5.74) is 9.68. The molecular formula is C11H10ClN3S. The average molecular weight is 252 g/mol. The molecule has 1 aliphatic rings. The third kappa shape index (κ3) is 1.68. The fourth-order valence-electron chi connectivity index (χ4n) is 1.73. The molecule has 0 spiro atoms. The summed E-state index contributed by atoms with van der Waals surface area (Å²) < 4.78 is 0. The monoisotopic (exact) mass is 251 g/mol. The molecule has 5 heteroatoms. The van der Waals surface area contributed by atoms with Crippen molar-refractivity contribution in [1.29, 1.82) is 0 Å². The molecule has 1 fully saturated rings. The van der Waals surface area contributed by atoms with E-state index in [2.05, 4.69) is 9.97 Å². The zero-order valence-electron chi connectivity index (χ0n) is 8.48. The van der Waals surface area contributed by atoms with Crippen molar-refractivity contribution in [2.75, 3.05) is 5.73 Å². The second-order valence-corrected chi connectivity index (χ2v) is 5.19. The van der Waals surface area contributed by atoms with Crippen molar-refractivity contribution in [1.82, 2.24) is 9.97 Å². The molecule has 2 aromatic heterocycles. The Kier molecular flexibility index (Phi) is 2.33. The molecule has 2 heterocycles. The summed E-state index contributed by atoms with van der Waals surface area (Å²) >= 11 is 7.76. The molecule has 0 aliphatic heterocycles. The van der Waals surface area contributed by atoms with Gasteiger partial charge >= 0.3 is 0 Å². The highest BCUT2D eigenvalue weighted by molar-refractivity contribution is 7.13. The lowest BCUT2D eigenvalue weighted by Gasteiger charge is -2.04. The van der Waals surface area contributed by atoms with Gasteiger partial charge in [-0.3, -0.25) is 0 Å². The van der Waals surface area contributed by atoms with E-state index in [0.717, 1.165) is 16.1 Å². The summed E-state index contributed by atoms with van der Waals surface area (Å²) in [7, 11) is 0. The first-order valence-electron chi connectivity index (χ1n) is 5.10. The Balaban J connectivity index is 2.13. The molecule has 82 valence electrons. The Morgan fingerprint density at radius 2 is 2.19 bits per heavy atom. The minimum Gasteiger partial charge on any atom is -0.384 e. The van der Waals surface area contributed by atoms with Crippen LogP contribution in [0, 0.1) is 0 Å². The fourth-order valence-corrected chi connectivity index (χ4v) is 2.89. The van der Waals surface area contributed by atoms with Crippen LogP contribution in [0.2, 0.25) is 5.02 Å². The van der Waals surface area contributed by atoms with Crippen molar-refractivity contribution >= 4 is 28.8 Å². The van der Waals surface area contributed by atoms with E-state index >= 15 is 0 Å². The molecule has 16 heavy (non-hydrogen) atoms. The summed E-state index contributed by atoms with van der Waals surface area (Å²) in [4.78, 5) is 9.53. The summed E-state index contributed by atoms with van der Waals surface area (Å²) in [5, 5.41) is 0.639. The van der Waals surface area contributed by atoms with Crippen LogP contribution in [0.15, 0.2) is 17.8 Å². The molecule has 1 aliphatic carbocycles. The molecule has 0 unspecified atom stereocenters. The van der Waals surface area contributed by atoms with Gasteiger partial charge in [0.25, 0.3) is 0 Å². The van der Waals surface area contributed by atoms with E-state index < -0.39 is 0 Å². The molecule has 1 saturated carbocycles. The first kappa shape index (κ1) is 10.1. The Morgan fingerprint density at radius 3 is 2.94 bits per heavy atom. The van der Waals surface area contributed by atoms with Crippen LogP contribution < -0.4 is 5.73 Å². The maximum absolute atomic E-state index is 6.15. The summed E-state index contributed by atoms with van der Waals surface area (Å²) in [6.07, 6.45) is 4.06. The minimum absolute atomic E-state index is 0.495. The van der Waals surface area contributed by atoms with Crippen LogP contribution in [0.1, 0.15) is 24.5 Å². The fraction of sp³-hybridized carbons (Fsp3) is 0.273. The topological polar surface area (TPSA) is 51.8 Å². The van der Waals surface area contributed by atoms with Gasteiger partial charge in [-0.2, -0.15) is 0 Å². The van der Waals surface area contributed by atoms with Crippen LogP contribution in [-0.4, -0.2) is 9.97 Å². The molecule has 0 bridgehead atoms. The maximum Gasteiger partial charge on any atom is 0.124 e. The van der Waals surface area contributed by atoms with E-state index in [4.69, 9.17) is 17.3 Å². The van der Waals surface area contributed by atoms with Crippen LogP contribution in [0.3, 0.4) is 0 Å². The summed E-state index contributed by atoms with van der Waals surface area (Å²) in [6.45, 7) is 0. The van der Waals surface area contributed by atoms with E-state index in [1.807, 2.05) is 11.6 Å². The van der Waals surface area contributed by atoms with Crippen molar-refractivity contribution < 1.29 is 0 Å². The van der Waals surface area contributed by atoms with Crippen molar-refractivity contribution in [3.05, 3.63) is 28.5 Å². The average Bonchev–Trinajstić information content (AvgIpc) is 3.01. The summed E-state index contributed by atoms with van der Waals surface area (Å²) in [5.74, 6) is 1.11. The summed E-state index contributed by atoms with van der Waals surface area (Å²) in [6, 6.07) is 1.82. The lowest BCUT2D eigenvalue weighted by atomic mass is 10.1. The second kappa shape index (κ2) is 3.71. The highest BCUT2D eigenvalue weighted by Gasteiger charge is 2.29. The van der Waals surface area contributed by atoms with Crippen LogP contribution >= 0.6 is 22.9 Å². The van der Waals surface area contributed by atoms with Gasteiger partial charge in [0, 0.05) is 17.7 Å². The van der Waals surface area contributed by atoms with Crippen molar-refractivity contribution in [3.63, 3.8) is 0 Å². The third-order valence-electron chi connectivity index (χ3n) is 2.68. The third-order valence-corrected chi connectivity index (χ3v) is 3.86. The molecular weight excluding hydrogens is 242 g/mol. The maximum atomic E-state index is 6.15. The standard InChI is InChI=1S/C11H10ClN3S/c12-8-4-14-9(13)3-7(8)11-10(6-1-2-6)15-5-16-11/h3-6H,1-2H2,(H2,13,14). The zero-order chi connectivity index (χ0) is 11.1. The van der Waals surface area contributed by atoms with Gasteiger partial charge in [-0.1, -0.05) is 11.6 Å². The number of aromatic nitrogens is 2. The van der Waals surface area contributed by atoms with Crippen LogP contribution in [-0.2, 0) is 0 Å². The van der Waals surface area contributed by atoms with E-state index in [-0.39, 0.29) is 0 Å². The first-order chi connectivity index (χ1) is 7.75. The largest absolute Gasteiger partial charge is 0.384 e. The lowest BCUT2D eigenvalue weighted by molar-refractivity contribution is 1.05. The Hall–Kier alpha value is -1.13. The number of pyridine rings is 1. The van der Waals surface area contributed by atoms with Gasteiger partial charge in [-0.05, 0) is 18.9 Å². The number of anilines is 1. The van der Waals surface area contributed by atoms with Gasteiger partial charge in [0.05, 0.1) is 21.1 Å². The van der Waals surface area contributed by atoms with E-state index in [1.54, 1.807) is 17.5 Å². The normalized spacial score (nSPS) is 15.3. The number of hydrogen-bond donors (Lipinski definition) is 1. The number of thiazole rings is 1. The number of rotatable bonds is 2. The number of nitrogen functional groups attached to an aromatic ring is 1. The SMILES string of the molecule is Nc1cc(-c2scnc2C2CC2)c(Cl)cn1. The smallest absolute Gasteiger partial charge is 0.124 e. The van der Waals surface area contributed by atoms with Gasteiger partial charge in [0.15, 0.2) is 0 Å². The van der Waals surface area contributed by atoms with Gasteiger partial charge < -0.3 is 5.73 Å². The second-order valence-electron chi connectivity index (χ2n) is 3.93. The van der Waals surface area contributed by atoms with E-state index in [9.17, 15) is 0 Å². The van der Waals surface area contributed by atoms with E-state index in [1.165, 1.54) is 12.8 Å². The highest BCUT2D eigenvalue weighted by atomic mass is 35.5. The van der Waals surface area contributed by atoms with Crippen molar-refractivity contribution in [2.45, 2.75) is 18.8 Å². The Bertz CT molecular complexity index is 534. The Labute approximate surface area is 102 Å². The molecule has 0 aromatic carbocycles. The number of nitrogens with two attached hydrogens (primary N) is 1. The van der Waals surface area contributed by atoms with Crippen molar-refractivity contribution in [2.24, 2.45) is 0 Å². The van der Waals surface area contributed by atoms with Crippen LogP contribution in [0.5, 0.6) is 0 Å². The van der Waals surface area contributed by atoms with E-state index in [0.29, 0.717) is 16.8 Å².